The smallest absolute Gasteiger partial charge is 0.335 e. The van der Waals surface area contributed by atoms with Gasteiger partial charge in [0.05, 0.1) is 5.56 Å². The van der Waals surface area contributed by atoms with Crippen molar-refractivity contribution in [2.75, 3.05) is 16.0 Å². The van der Waals surface area contributed by atoms with Crippen LogP contribution >= 0.6 is 0 Å². The summed E-state index contributed by atoms with van der Waals surface area (Å²) in [4.78, 5) is 47.4. The molecule has 36 heavy (non-hydrogen) atoms. The summed E-state index contributed by atoms with van der Waals surface area (Å²) in [7, 11) is 0. The monoisotopic (exact) mass is 482 g/mol. The molecule has 0 atom stereocenters. The Bertz CT molecular complexity index is 1230. The Morgan fingerprint density at radius 3 is 1.06 bits per heavy atom. The summed E-state index contributed by atoms with van der Waals surface area (Å²) in [6.45, 7) is 2.99. The fraction of sp³-hybridized carbons (Fsp3) is 0.0769. The van der Waals surface area contributed by atoms with Crippen molar-refractivity contribution in [3.05, 3.63) is 89.5 Å². The molecule has 10 heteroatoms. The second-order valence-corrected chi connectivity index (χ2v) is 7.83. The molecule has 4 N–H and O–H groups in total. The fourth-order valence-corrected chi connectivity index (χ4v) is 3.20. The van der Waals surface area contributed by atoms with Gasteiger partial charge in [-0.25, -0.2) is 4.79 Å². The molecule has 0 saturated heterocycles. The number of aromatic nitrogens is 3. The molecule has 0 aliphatic carbocycles. The Morgan fingerprint density at radius 2 is 0.806 bits per heavy atom. The molecule has 0 amide bonds. The predicted molar refractivity (Wildman–Crippen MR) is 136 cm³/mol. The number of hydrogen-bond acceptors (Lipinski definition) is 9. The first-order valence-electron chi connectivity index (χ1n) is 10.9. The standard InChI is InChI=1S/C26H22N6O4/c1-15(33)17-3-9-20(10-4-17)27-24-30-25(28-21-11-5-18(6-12-21)16(2)34)32-26(31-24)29-22-13-7-19(8-14-22)23(35)36/h3-14H,1-2H3,(H,35,36)(H3,27,28,29,30,31,32). The van der Waals surface area contributed by atoms with Crippen molar-refractivity contribution in [2.24, 2.45) is 0 Å². The van der Waals surface area contributed by atoms with Crippen molar-refractivity contribution >= 4 is 52.4 Å². The number of Topliss-reactive ketones (excluding diaryl/α,β-unsaturated/α-hetero) is 2. The van der Waals surface area contributed by atoms with Crippen LogP contribution in [0.4, 0.5) is 34.9 Å². The van der Waals surface area contributed by atoms with E-state index in [1.165, 1.54) is 26.0 Å². The van der Waals surface area contributed by atoms with Crippen molar-refractivity contribution in [1.29, 1.82) is 0 Å². The predicted octanol–water partition coefficient (Wildman–Crippen LogP) is 5.21. The van der Waals surface area contributed by atoms with E-state index in [4.69, 9.17) is 5.11 Å². The number of aromatic carboxylic acids is 1. The van der Waals surface area contributed by atoms with Crippen molar-refractivity contribution in [3.63, 3.8) is 0 Å². The zero-order valence-corrected chi connectivity index (χ0v) is 19.4. The van der Waals surface area contributed by atoms with E-state index in [2.05, 4.69) is 30.9 Å². The summed E-state index contributed by atoms with van der Waals surface area (Å²) in [6.07, 6.45) is 0. The molecule has 0 spiro atoms. The first-order chi connectivity index (χ1) is 17.3. The SMILES string of the molecule is CC(=O)c1ccc(Nc2nc(Nc3ccc(C(C)=O)cc3)nc(Nc3ccc(C(=O)O)cc3)n2)cc1. The summed E-state index contributed by atoms with van der Waals surface area (Å²) in [5.41, 5.74) is 3.24. The maximum Gasteiger partial charge on any atom is 0.335 e. The molecule has 180 valence electrons. The summed E-state index contributed by atoms with van der Waals surface area (Å²) < 4.78 is 0. The third kappa shape index (κ3) is 6.06. The van der Waals surface area contributed by atoms with E-state index in [1.54, 1.807) is 60.7 Å². The number of ketones is 2. The van der Waals surface area contributed by atoms with Gasteiger partial charge in [-0.3, -0.25) is 9.59 Å². The third-order valence-corrected chi connectivity index (χ3v) is 5.12. The molecular weight excluding hydrogens is 460 g/mol. The number of nitrogens with zero attached hydrogens (tertiary/aromatic N) is 3. The van der Waals surface area contributed by atoms with E-state index in [1.807, 2.05) is 0 Å². The van der Waals surface area contributed by atoms with Crippen LogP contribution in [0, 0.1) is 0 Å². The van der Waals surface area contributed by atoms with Gasteiger partial charge in [0.1, 0.15) is 0 Å². The first-order valence-corrected chi connectivity index (χ1v) is 10.9. The molecular formula is C26H22N6O4. The van der Waals surface area contributed by atoms with Crippen LogP contribution in [-0.4, -0.2) is 37.6 Å². The number of benzene rings is 3. The van der Waals surface area contributed by atoms with E-state index in [0.717, 1.165) is 0 Å². The minimum absolute atomic E-state index is 0.0376. The van der Waals surface area contributed by atoms with Crippen LogP contribution in [0.25, 0.3) is 0 Å². The second kappa shape index (κ2) is 10.4. The molecule has 0 bridgehead atoms. The van der Waals surface area contributed by atoms with Gasteiger partial charge in [-0.1, -0.05) is 0 Å². The highest BCUT2D eigenvalue weighted by molar-refractivity contribution is 5.95. The van der Waals surface area contributed by atoms with Gasteiger partial charge in [-0.2, -0.15) is 15.0 Å². The van der Waals surface area contributed by atoms with Gasteiger partial charge >= 0.3 is 5.97 Å². The number of carboxylic acid groups (broad SMARTS) is 1. The molecule has 3 aromatic carbocycles. The van der Waals surface area contributed by atoms with E-state index in [-0.39, 0.29) is 35.0 Å². The molecule has 0 unspecified atom stereocenters. The number of anilines is 6. The minimum Gasteiger partial charge on any atom is -0.478 e. The van der Waals surface area contributed by atoms with E-state index in [9.17, 15) is 14.4 Å². The van der Waals surface area contributed by atoms with Gasteiger partial charge in [0.15, 0.2) is 11.6 Å². The highest BCUT2D eigenvalue weighted by atomic mass is 16.4. The summed E-state index contributed by atoms with van der Waals surface area (Å²) in [6, 6.07) is 19.9. The van der Waals surface area contributed by atoms with Gasteiger partial charge in [0.25, 0.3) is 0 Å². The Morgan fingerprint density at radius 1 is 0.528 bits per heavy atom. The van der Waals surface area contributed by atoms with Crippen LogP contribution in [0.5, 0.6) is 0 Å². The highest BCUT2D eigenvalue weighted by Crippen LogP contribution is 2.22. The molecule has 1 heterocycles. The third-order valence-electron chi connectivity index (χ3n) is 5.12. The normalized spacial score (nSPS) is 10.4. The van der Waals surface area contributed by atoms with Gasteiger partial charge < -0.3 is 21.1 Å². The zero-order chi connectivity index (χ0) is 25.7. The highest BCUT2D eigenvalue weighted by Gasteiger charge is 2.10. The summed E-state index contributed by atoms with van der Waals surface area (Å²) >= 11 is 0. The lowest BCUT2D eigenvalue weighted by molar-refractivity contribution is 0.0696. The first kappa shape index (κ1) is 24.0. The molecule has 0 aliphatic heterocycles. The topological polar surface area (TPSA) is 146 Å². The lowest BCUT2D eigenvalue weighted by atomic mass is 10.1. The van der Waals surface area contributed by atoms with Crippen molar-refractivity contribution in [1.82, 2.24) is 15.0 Å². The Labute approximate surface area is 206 Å². The van der Waals surface area contributed by atoms with Crippen molar-refractivity contribution < 1.29 is 19.5 Å². The fourth-order valence-electron chi connectivity index (χ4n) is 3.20. The summed E-state index contributed by atoms with van der Waals surface area (Å²) in [5.74, 6) is -0.431. The van der Waals surface area contributed by atoms with Gasteiger partial charge in [-0.05, 0) is 86.6 Å². The number of carbonyl (C=O) groups excluding carboxylic acids is 2. The molecule has 0 aliphatic rings. The molecule has 0 saturated carbocycles. The average molecular weight is 483 g/mol. The number of nitrogens with one attached hydrogen (secondary N) is 3. The maximum atomic E-state index is 11.5. The minimum atomic E-state index is -1.02. The van der Waals surface area contributed by atoms with Gasteiger partial charge in [0.2, 0.25) is 17.8 Å². The molecule has 4 rings (SSSR count). The zero-order valence-electron chi connectivity index (χ0n) is 19.4. The number of hydrogen-bond donors (Lipinski definition) is 4. The number of carbonyl (C=O) groups is 3. The quantitative estimate of drug-likeness (QED) is 0.235. The molecule has 0 fully saturated rings. The van der Waals surface area contributed by atoms with Gasteiger partial charge in [-0.15, -0.1) is 0 Å². The van der Waals surface area contributed by atoms with Crippen molar-refractivity contribution in [2.45, 2.75) is 13.8 Å². The Balaban J connectivity index is 1.62. The average Bonchev–Trinajstić information content (AvgIpc) is 2.85. The summed E-state index contributed by atoms with van der Waals surface area (Å²) in [5, 5.41) is 18.3. The van der Waals surface area contributed by atoms with Crippen molar-refractivity contribution in [3.8, 4) is 0 Å². The second-order valence-electron chi connectivity index (χ2n) is 7.83. The number of rotatable bonds is 9. The van der Waals surface area contributed by atoms with E-state index in [0.29, 0.717) is 28.2 Å². The van der Waals surface area contributed by atoms with Gasteiger partial charge in [0, 0.05) is 28.2 Å². The van der Waals surface area contributed by atoms with Crippen LogP contribution < -0.4 is 16.0 Å². The van der Waals surface area contributed by atoms with Crippen LogP contribution in [0.3, 0.4) is 0 Å². The van der Waals surface area contributed by atoms with E-state index >= 15 is 0 Å². The van der Waals surface area contributed by atoms with Crippen LogP contribution in [-0.2, 0) is 0 Å². The molecule has 1 aromatic heterocycles. The Hall–Kier alpha value is -5.12. The van der Waals surface area contributed by atoms with Crippen LogP contribution in [0.1, 0.15) is 44.9 Å². The molecule has 4 aromatic rings. The Kier molecular flexibility index (Phi) is 6.96. The van der Waals surface area contributed by atoms with Crippen LogP contribution in [0.15, 0.2) is 72.8 Å². The largest absolute Gasteiger partial charge is 0.478 e. The lowest BCUT2D eigenvalue weighted by Crippen LogP contribution is -2.07. The van der Waals surface area contributed by atoms with E-state index < -0.39 is 5.97 Å². The number of carboxylic acids is 1. The lowest BCUT2D eigenvalue weighted by Gasteiger charge is -2.12. The molecule has 10 nitrogen and oxygen atoms in total. The maximum absolute atomic E-state index is 11.5. The molecule has 0 radical (unpaired) electrons. The van der Waals surface area contributed by atoms with Crippen LogP contribution in [0.2, 0.25) is 0 Å².